The van der Waals surface area contributed by atoms with Crippen molar-refractivity contribution in [3.63, 3.8) is 0 Å². The molecule has 1 aromatic carbocycles. The Morgan fingerprint density at radius 3 is 3.16 bits per heavy atom. The molecule has 2 rings (SSSR count). The maximum Gasteiger partial charge on any atom is 0.175 e. The van der Waals surface area contributed by atoms with E-state index in [9.17, 15) is 8.42 Å². The number of rotatable bonds is 4. The molecule has 0 aromatic heterocycles. The molecule has 1 aliphatic rings. The number of hydrogen-bond acceptors (Lipinski definition) is 3. The van der Waals surface area contributed by atoms with Gasteiger partial charge in [0, 0.05) is 29.1 Å². The maximum absolute atomic E-state index is 12.4. The van der Waals surface area contributed by atoms with Crippen LogP contribution in [0, 0.1) is 0 Å². The van der Waals surface area contributed by atoms with Crippen molar-refractivity contribution in [3.05, 3.63) is 29.8 Å². The molecular formula is C15H23NO2S. The van der Waals surface area contributed by atoms with Gasteiger partial charge in [0.15, 0.2) is 9.84 Å². The fourth-order valence-electron chi connectivity index (χ4n) is 1.64. The molecule has 0 aliphatic carbocycles. The lowest BCUT2D eigenvalue weighted by atomic mass is 9.90. The number of benzene rings is 1. The fraction of sp³-hybridized carbons (Fsp3) is 0.600. The van der Waals surface area contributed by atoms with Gasteiger partial charge in [0.2, 0.25) is 0 Å². The number of likely N-dealkylation sites (tertiary alicyclic amines) is 1. The van der Waals surface area contributed by atoms with E-state index in [1.54, 1.807) is 6.92 Å². The van der Waals surface area contributed by atoms with E-state index in [1.807, 2.05) is 0 Å². The van der Waals surface area contributed by atoms with Gasteiger partial charge >= 0.3 is 0 Å². The van der Waals surface area contributed by atoms with Crippen LogP contribution in [0.2, 0.25) is 0 Å². The molecule has 0 spiro atoms. The summed E-state index contributed by atoms with van der Waals surface area (Å²) in [7, 11) is -4.92. The highest BCUT2D eigenvalue weighted by Gasteiger charge is 2.21. The molecule has 1 fully saturated rings. The second kappa shape index (κ2) is 6.06. The number of nitrogens with zero attached hydrogens (tertiary/aromatic N) is 1. The van der Waals surface area contributed by atoms with Crippen molar-refractivity contribution in [2.24, 2.45) is 0 Å². The molecule has 0 saturated carbocycles. The van der Waals surface area contributed by atoms with Crippen molar-refractivity contribution in [2.75, 3.05) is 25.7 Å². The molecule has 19 heavy (non-hydrogen) atoms. The monoisotopic (exact) mass is 293 g/mol. The molecular weight excluding hydrogens is 258 g/mol. The minimum atomic E-state index is -4.92. The van der Waals surface area contributed by atoms with Crippen LogP contribution in [0.4, 0.5) is 0 Å². The largest absolute Gasteiger partial charge is 0.303 e. The van der Waals surface area contributed by atoms with E-state index in [2.05, 4.69) is 0 Å². The zero-order valence-corrected chi connectivity index (χ0v) is 11.2. The summed E-state index contributed by atoms with van der Waals surface area (Å²) in [6.45, 7) is -5.09. The molecule has 1 aromatic rings. The summed E-state index contributed by atoms with van der Waals surface area (Å²) >= 11 is 0. The first-order chi connectivity index (χ1) is 13.7. The summed E-state index contributed by atoms with van der Waals surface area (Å²) < 4.78 is 122. The molecule has 3 nitrogen and oxygen atoms in total. The summed E-state index contributed by atoms with van der Waals surface area (Å²) in [5.41, 5.74) is -0.631. The van der Waals surface area contributed by atoms with Gasteiger partial charge in [-0.1, -0.05) is 19.1 Å². The quantitative estimate of drug-likeness (QED) is 0.856. The van der Waals surface area contributed by atoms with Crippen LogP contribution in [-0.4, -0.2) is 39.0 Å². The van der Waals surface area contributed by atoms with Gasteiger partial charge in [-0.2, -0.15) is 0 Å². The Morgan fingerprint density at radius 2 is 2.42 bits per heavy atom. The minimum absolute atomic E-state index is 0.154. The lowest BCUT2D eigenvalue weighted by Gasteiger charge is -2.32. The smallest absolute Gasteiger partial charge is 0.175 e. The van der Waals surface area contributed by atoms with E-state index in [1.165, 1.54) is 0 Å². The Morgan fingerprint density at radius 1 is 1.58 bits per heavy atom. The second-order valence-electron chi connectivity index (χ2n) is 4.03. The van der Waals surface area contributed by atoms with Gasteiger partial charge in [-0.15, -0.1) is 0 Å². The highest BCUT2D eigenvalue weighted by Crippen LogP contribution is 2.28. The average molecular weight is 293 g/mol. The third-order valence-corrected chi connectivity index (χ3v) is 3.38. The van der Waals surface area contributed by atoms with Crippen molar-refractivity contribution in [1.29, 1.82) is 0 Å². The van der Waals surface area contributed by atoms with E-state index >= 15 is 0 Å². The first-order valence-electron chi connectivity index (χ1n) is 11.8. The standard InChI is InChI=1S/C15H23NO2S/c1-3-9-16-10-5-7-14(12-16)13-6-4-8-15(11-13)19(2,17)18/h4,6,8,11,14H,3,5,7,9-10,12H2,1-2H3/t14-/m0/s1/i2D3,5D2,7D2,10D2,12D2,14D. The Hall–Kier alpha value is -0.870. The van der Waals surface area contributed by atoms with Gasteiger partial charge < -0.3 is 4.90 Å². The lowest BCUT2D eigenvalue weighted by molar-refractivity contribution is 0.208. The normalized spacial score (nSPS) is 45.9. The molecule has 0 bridgehead atoms. The molecule has 0 amide bonds. The van der Waals surface area contributed by atoms with Crippen LogP contribution in [0.1, 0.15) is 54.0 Å². The van der Waals surface area contributed by atoms with E-state index in [0.717, 1.165) is 18.2 Å². The Kier molecular flexibility index (Phi) is 1.75. The summed E-state index contributed by atoms with van der Waals surface area (Å²) in [5, 5.41) is 0. The third-order valence-electron chi connectivity index (χ3n) is 2.51. The van der Waals surface area contributed by atoms with Gasteiger partial charge in [0.1, 0.15) is 0 Å². The fourth-order valence-corrected chi connectivity index (χ4v) is 2.18. The molecule has 4 heteroatoms. The van der Waals surface area contributed by atoms with E-state index in [0.29, 0.717) is 11.0 Å². The summed E-state index contributed by atoms with van der Waals surface area (Å²) in [6, 6.07) is 3.56. The van der Waals surface area contributed by atoms with Crippen LogP contribution in [0.15, 0.2) is 29.2 Å². The first kappa shape index (κ1) is 5.49. The first-order valence-corrected chi connectivity index (χ1v) is 7.27. The molecule has 0 radical (unpaired) electrons. The van der Waals surface area contributed by atoms with Gasteiger partial charge in [0.05, 0.1) is 4.90 Å². The second-order valence-corrected chi connectivity index (χ2v) is 5.51. The van der Waals surface area contributed by atoms with Crippen molar-refractivity contribution in [1.82, 2.24) is 4.90 Å². The topological polar surface area (TPSA) is 37.4 Å². The molecule has 1 heterocycles. The SMILES string of the molecule is [2H]C1([2H])N(CCC)C([2H])([2H])[C@@]([2H])(c2cccc(S(=O)(=O)C([2H])([2H])[2H])c2)C([2H])([2H])C1([2H])[2H]. The Labute approximate surface area is 133 Å². The molecule has 106 valence electrons. The van der Waals surface area contributed by atoms with Crippen LogP contribution < -0.4 is 0 Å². The number of sulfone groups is 1. The van der Waals surface area contributed by atoms with Gasteiger partial charge in [-0.3, -0.25) is 0 Å². The van der Waals surface area contributed by atoms with Crippen LogP contribution in [0.25, 0.3) is 0 Å². The van der Waals surface area contributed by atoms with Crippen LogP contribution in [0.3, 0.4) is 0 Å². The van der Waals surface area contributed by atoms with E-state index < -0.39 is 58.1 Å². The van der Waals surface area contributed by atoms with E-state index in [-0.39, 0.29) is 13.0 Å². The zero-order chi connectivity index (χ0) is 24.5. The van der Waals surface area contributed by atoms with Crippen LogP contribution in [-0.2, 0) is 9.84 Å². The summed E-state index contributed by atoms with van der Waals surface area (Å²) in [6.07, 6.45) is -10.2. The summed E-state index contributed by atoms with van der Waals surface area (Å²) in [4.78, 5) is -0.376. The van der Waals surface area contributed by atoms with Crippen LogP contribution >= 0.6 is 0 Å². The predicted molar refractivity (Wildman–Crippen MR) is 78.3 cm³/mol. The Balaban J connectivity index is 2.90. The minimum Gasteiger partial charge on any atom is -0.303 e. The Bertz CT molecular complexity index is 959. The van der Waals surface area contributed by atoms with Crippen LogP contribution in [0.5, 0.6) is 0 Å². The van der Waals surface area contributed by atoms with Crippen molar-refractivity contribution < 1.29 is 24.9 Å². The molecule has 1 atom stereocenters. The predicted octanol–water partition coefficient (Wildman–Crippen LogP) is 2.68. The van der Waals surface area contributed by atoms with Crippen molar-refractivity contribution in [3.8, 4) is 0 Å². The van der Waals surface area contributed by atoms with Crippen molar-refractivity contribution in [2.45, 2.75) is 36.9 Å². The molecule has 1 saturated heterocycles. The third kappa shape index (κ3) is 3.80. The maximum atomic E-state index is 12.4. The number of hydrogen-bond donors (Lipinski definition) is 0. The highest BCUT2D eigenvalue weighted by molar-refractivity contribution is 7.90. The number of piperidine rings is 1. The van der Waals surface area contributed by atoms with Gasteiger partial charge in [-0.25, -0.2) is 8.42 Å². The van der Waals surface area contributed by atoms with Crippen molar-refractivity contribution >= 4 is 9.84 Å². The molecule has 0 N–H and O–H groups in total. The van der Waals surface area contributed by atoms with Gasteiger partial charge in [-0.05, 0) is 55.8 Å². The molecule has 0 unspecified atom stereocenters. The van der Waals surface area contributed by atoms with Gasteiger partial charge in [0.25, 0.3) is 0 Å². The zero-order valence-electron chi connectivity index (χ0n) is 22.4. The summed E-state index contributed by atoms with van der Waals surface area (Å²) in [5.74, 6) is -3.16. The highest BCUT2D eigenvalue weighted by atomic mass is 32.2. The molecule has 1 aliphatic heterocycles. The lowest BCUT2D eigenvalue weighted by Crippen LogP contribution is -2.34. The van der Waals surface area contributed by atoms with E-state index in [4.69, 9.17) is 16.4 Å². The average Bonchev–Trinajstić information content (AvgIpc) is 2.62.